The van der Waals surface area contributed by atoms with Gasteiger partial charge in [-0.15, -0.1) is 0 Å². The number of β-amino-alcohol motifs (C(OH)–C–C–N with tert-alkyl or cyclic N) is 1. The van der Waals surface area contributed by atoms with E-state index >= 15 is 0 Å². The topological polar surface area (TPSA) is 99.2 Å². The number of piperidine rings is 1. The third kappa shape index (κ3) is 4.14. The Hall–Kier alpha value is -3.04. The predicted molar refractivity (Wildman–Crippen MR) is 131 cm³/mol. The van der Waals surface area contributed by atoms with Crippen LogP contribution < -0.4 is 4.90 Å². The van der Waals surface area contributed by atoms with E-state index in [2.05, 4.69) is 14.9 Å². The number of aromatic nitrogens is 4. The molecule has 1 amide bonds. The largest absolute Gasteiger partial charge is 0.391 e. The molecule has 0 bridgehead atoms. The van der Waals surface area contributed by atoms with Crippen LogP contribution in [0.4, 0.5) is 5.82 Å². The number of anilines is 1. The number of aliphatic imine (C=N–C) groups is 1. The number of aliphatic hydroxyl groups excluding tert-OH is 1. The zero-order valence-electron chi connectivity index (χ0n) is 19.3. The van der Waals surface area contributed by atoms with E-state index in [1.165, 1.54) is 0 Å². The molecule has 5 rings (SSSR count). The van der Waals surface area contributed by atoms with Gasteiger partial charge in [0, 0.05) is 62.8 Å². The Morgan fingerprint density at radius 3 is 2.97 bits per heavy atom. The predicted octanol–water partition coefficient (Wildman–Crippen LogP) is 2.95. The lowest BCUT2D eigenvalue weighted by molar-refractivity contribution is 0.0600. The molecule has 178 valence electrons. The molecule has 0 radical (unpaired) electrons. The molecule has 3 aromatic heterocycles. The third-order valence-corrected chi connectivity index (χ3v) is 6.97. The van der Waals surface area contributed by atoms with E-state index in [0.29, 0.717) is 30.3 Å². The van der Waals surface area contributed by atoms with E-state index in [-0.39, 0.29) is 23.6 Å². The molecule has 10 heteroatoms. The molecular formula is C24H28ClN7O2. The summed E-state index contributed by atoms with van der Waals surface area (Å²) in [7, 11) is 1.72. The maximum absolute atomic E-state index is 13.3. The van der Waals surface area contributed by atoms with Gasteiger partial charge in [-0.2, -0.15) is 5.10 Å². The summed E-state index contributed by atoms with van der Waals surface area (Å²) in [5.74, 6) is 0.650. The van der Waals surface area contributed by atoms with Gasteiger partial charge in [0.15, 0.2) is 5.65 Å². The Balaban J connectivity index is 1.45. The Labute approximate surface area is 203 Å². The number of pyridine rings is 1. The summed E-state index contributed by atoms with van der Waals surface area (Å²) in [6, 6.07) is 5.20. The molecule has 0 unspecified atom stereocenters. The van der Waals surface area contributed by atoms with Gasteiger partial charge in [0.2, 0.25) is 0 Å². The van der Waals surface area contributed by atoms with Gasteiger partial charge in [-0.25, -0.2) is 14.5 Å². The number of rotatable bonds is 4. The van der Waals surface area contributed by atoms with Gasteiger partial charge in [-0.3, -0.25) is 4.79 Å². The van der Waals surface area contributed by atoms with Gasteiger partial charge < -0.3 is 19.9 Å². The van der Waals surface area contributed by atoms with Crippen LogP contribution in [0.1, 0.15) is 47.1 Å². The van der Waals surface area contributed by atoms with E-state index < -0.39 is 6.10 Å². The summed E-state index contributed by atoms with van der Waals surface area (Å²) in [6.45, 7) is 3.81. The third-order valence-electron chi connectivity index (χ3n) is 6.66. The number of likely N-dealkylation sites (tertiary alicyclic amines) is 1. The van der Waals surface area contributed by atoms with Gasteiger partial charge in [0.1, 0.15) is 11.5 Å². The van der Waals surface area contributed by atoms with Crippen LogP contribution in [0, 0.1) is 12.8 Å². The zero-order chi connectivity index (χ0) is 23.8. The highest BCUT2D eigenvalue weighted by molar-refractivity contribution is 6.33. The molecule has 5 heterocycles. The van der Waals surface area contributed by atoms with Crippen LogP contribution in [0.15, 0.2) is 35.6 Å². The summed E-state index contributed by atoms with van der Waals surface area (Å²) < 4.78 is 1.77. The monoisotopic (exact) mass is 481 g/mol. The van der Waals surface area contributed by atoms with Crippen molar-refractivity contribution in [2.45, 2.75) is 38.3 Å². The average molecular weight is 482 g/mol. The molecule has 34 heavy (non-hydrogen) atoms. The van der Waals surface area contributed by atoms with Crippen LogP contribution in [0.5, 0.6) is 0 Å². The van der Waals surface area contributed by atoms with Crippen molar-refractivity contribution in [2.75, 3.05) is 31.6 Å². The lowest BCUT2D eigenvalue weighted by Gasteiger charge is -2.34. The number of hydrogen-bond acceptors (Lipinski definition) is 7. The van der Waals surface area contributed by atoms with Gasteiger partial charge in [0.05, 0.1) is 22.9 Å². The van der Waals surface area contributed by atoms with Crippen molar-refractivity contribution in [3.8, 4) is 0 Å². The fraction of sp³-hybridized carbons (Fsp3) is 0.458. The number of aliphatic hydroxyl groups is 1. The van der Waals surface area contributed by atoms with Crippen molar-refractivity contribution in [1.29, 1.82) is 0 Å². The number of nitrogens with zero attached hydrogens (tertiary/aromatic N) is 7. The van der Waals surface area contributed by atoms with Crippen LogP contribution >= 0.6 is 11.6 Å². The van der Waals surface area contributed by atoms with Crippen LogP contribution in [0.3, 0.4) is 0 Å². The van der Waals surface area contributed by atoms with E-state index in [9.17, 15) is 9.90 Å². The molecule has 1 N–H and O–H groups in total. The SMILES string of the molecule is CN=C[C@@H]1CN(c2nc3cc([C@@H]4CCCCN4C(=O)c4ncccc4Cl)nn3cc2C)C[C@@H]1O. The first-order chi connectivity index (χ1) is 16.5. The summed E-state index contributed by atoms with van der Waals surface area (Å²) >= 11 is 6.26. The summed E-state index contributed by atoms with van der Waals surface area (Å²) in [4.78, 5) is 30.4. The molecule has 0 aromatic carbocycles. The molecule has 0 saturated carbocycles. The van der Waals surface area contributed by atoms with Crippen molar-refractivity contribution in [3.05, 3.63) is 52.6 Å². The Bertz CT molecular complexity index is 1240. The van der Waals surface area contributed by atoms with Gasteiger partial charge in [-0.1, -0.05) is 11.6 Å². The fourth-order valence-corrected chi connectivity index (χ4v) is 5.19. The first kappa shape index (κ1) is 22.7. The highest BCUT2D eigenvalue weighted by Crippen LogP contribution is 2.33. The minimum absolute atomic E-state index is 0.0110. The lowest BCUT2D eigenvalue weighted by atomic mass is 9.99. The quantitative estimate of drug-likeness (QED) is 0.575. The van der Waals surface area contributed by atoms with E-state index in [0.717, 1.165) is 36.3 Å². The normalized spacial score (nSPS) is 23.4. The second-order valence-electron chi connectivity index (χ2n) is 9.01. The van der Waals surface area contributed by atoms with Crippen molar-refractivity contribution < 1.29 is 9.90 Å². The van der Waals surface area contributed by atoms with Crippen LogP contribution in [0.2, 0.25) is 5.02 Å². The van der Waals surface area contributed by atoms with Crippen LogP contribution in [0.25, 0.3) is 5.65 Å². The van der Waals surface area contributed by atoms with Gasteiger partial charge in [0.25, 0.3) is 5.91 Å². The first-order valence-electron chi connectivity index (χ1n) is 11.6. The van der Waals surface area contributed by atoms with Crippen LogP contribution in [-0.2, 0) is 0 Å². The maximum Gasteiger partial charge on any atom is 0.274 e. The number of amides is 1. The molecular weight excluding hydrogens is 454 g/mol. The number of halogens is 1. The van der Waals surface area contributed by atoms with Crippen molar-refractivity contribution in [2.24, 2.45) is 10.9 Å². The first-order valence-corrected chi connectivity index (χ1v) is 12.0. The molecule has 0 spiro atoms. The molecule has 2 aliphatic rings. The zero-order valence-corrected chi connectivity index (χ0v) is 20.1. The number of fused-ring (bicyclic) bond motifs is 1. The molecule has 2 fully saturated rings. The number of carbonyl (C=O) groups excluding carboxylic acids is 1. The standard InChI is InChI=1S/C24H28ClN7O2/c1-15-12-32-21(28-23(15)30-13-16(11-26-2)20(33)14-30)10-18(29-32)19-7-3-4-9-31(19)24(34)22-17(25)6-5-8-27-22/h5-6,8,10-12,16,19-20,33H,3-4,7,9,13-14H2,1-2H3/t16-,19+,20+/m1/s1. The maximum atomic E-state index is 13.3. The molecule has 2 saturated heterocycles. The molecule has 0 aliphatic carbocycles. The highest BCUT2D eigenvalue weighted by Gasteiger charge is 2.34. The summed E-state index contributed by atoms with van der Waals surface area (Å²) in [5, 5.41) is 15.5. The summed E-state index contributed by atoms with van der Waals surface area (Å²) in [6.07, 6.45) is 7.65. The van der Waals surface area contributed by atoms with E-state index in [1.807, 2.05) is 24.1 Å². The minimum Gasteiger partial charge on any atom is -0.391 e. The molecule has 2 aliphatic heterocycles. The fourth-order valence-electron chi connectivity index (χ4n) is 4.99. The number of carbonyl (C=O) groups is 1. The van der Waals surface area contributed by atoms with Crippen LogP contribution in [-0.4, -0.2) is 74.5 Å². The molecule has 3 aromatic rings. The minimum atomic E-state index is -0.471. The second kappa shape index (κ2) is 9.31. The molecule has 9 nitrogen and oxygen atoms in total. The number of hydrogen-bond donors (Lipinski definition) is 1. The van der Waals surface area contributed by atoms with Gasteiger partial charge in [-0.05, 0) is 38.3 Å². The van der Waals surface area contributed by atoms with E-state index in [4.69, 9.17) is 21.7 Å². The van der Waals surface area contributed by atoms with Crippen molar-refractivity contribution in [1.82, 2.24) is 24.5 Å². The van der Waals surface area contributed by atoms with Gasteiger partial charge >= 0.3 is 0 Å². The van der Waals surface area contributed by atoms with Crippen molar-refractivity contribution >= 4 is 35.2 Å². The van der Waals surface area contributed by atoms with E-state index in [1.54, 1.807) is 36.1 Å². The smallest absolute Gasteiger partial charge is 0.274 e. The Kier molecular flexibility index (Phi) is 6.22. The number of aryl methyl sites for hydroxylation is 1. The Morgan fingerprint density at radius 2 is 2.18 bits per heavy atom. The highest BCUT2D eigenvalue weighted by atomic mass is 35.5. The second-order valence-corrected chi connectivity index (χ2v) is 9.41. The Morgan fingerprint density at radius 1 is 1.32 bits per heavy atom. The lowest BCUT2D eigenvalue weighted by Crippen LogP contribution is -2.39. The average Bonchev–Trinajstić information content (AvgIpc) is 3.41. The van der Waals surface area contributed by atoms with Crippen molar-refractivity contribution in [3.63, 3.8) is 0 Å². The molecule has 3 atom stereocenters. The summed E-state index contributed by atoms with van der Waals surface area (Å²) in [5.41, 5.74) is 2.77.